The SMILES string of the molecule is CC(=O)[C@]1(O)Cc2c(O)c3c(c(O)c2[C@@H](O[C@H]2C[C@H](N)[C@H](O)[C@H](C)O2)C1)C(=O)c1ccccc1C3=O.N[C@@H](Cc1ccc(N(CCCl)CCCl)cc1)C(=O)O. The molecule has 16 heteroatoms. The van der Waals surface area contributed by atoms with Crippen LogP contribution in [0.5, 0.6) is 11.5 Å². The number of fused-ring (bicyclic) bond motifs is 3. The van der Waals surface area contributed by atoms with E-state index in [2.05, 4.69) is 4.90 Å². The largest absolute Gasteiger partial charge is 0.507 e. The number of halogens is 2. The van der Waals surface area contributed by atoms with E-state index in [-0.39, 0.29) is 46.2 Å². The fourth-order valence-electron chi connectivity index (χ4n) is 7.18. The van der Waals surface area contributed by atoms with Crippen molar-refractivity contribution in [3.05, 3.63) is 87.5 Å². The minimum Gasteiger partial charge on any atom is -0.507 e. The zero-order valence-electron chi connectivity index (χ0n) is 30.3. The smallest absolute Gasteiger partial charge is 0.320 e. The number of carbonyl (C=O) groups excluding carboxylic acids is 3. The van der Waals surface area contributed by atoms with Gasteiger partial charge in [0.15, 0.2) is 23.6 Å². The molecule has 0 unspecified atom stereocenters. The van der Waals surface area contributed by atoms with Crippen molar-refractivity contribution in [3.63, 3.8) is 0 Å². The zero-order valence-corrected chi connectivity index (χ0v) is 31.8. The summed E-state index contributed by atoms with van der Waals surface area (Å²) in [5.41, 5.74) is 10.8. The predicted molar refractivity (Wildman–Crippen MR) is 203 cm³/mol. The maximum absolute atomic E-state index is 13.3. The van der Waals surface area contributed by atoms with E-state index in [0.717, 1.165) is 24.3 Å². The van der Waals surface area contributed by atoms with Gasteiger partial charge in [0, 0.05) is 78.1 Å². The third kappa shape index (κ3) is 8.66. The number of carboxylic acid groups (broad SMARTS) is 1. The number of carboxylic acids is 1. The van der Waals surface area contributed by atoms with Gasteiger partial charge in [0.25, 0.3) is 0 Å². The Morgan fingerprint density at radius 3 is 2.07 bits per heavy atom. The van der Waals surface area contributed by atoms with Gasteiger partial charge in [0.1, 0.15) is 23.1 Å². The topological polar surface area (TPSA) is 243 Å². The number of aliphatic carboxylic acids is 1. The molecule has 1 aliphatic heterocycles. The number of aliphatic hydroxyl groups is 2. The molecule has 296 valence electrons. The molecule has 0 aromatic heterocycles. The number of hydrogen-bond acceptors (Lipinski definition) is 13. The molecular formula is C39H45Cl2N3O11. The molecule has 1 fully saturated rings. The van der Waals surface area contributed by atoms with Gasteiger partial charge in [-0.25, -0.2) is 0 Å². The number of Topliss-reactive ketones (excluding diaryl/α,β-unsaturated/α-hetero) is 1. The lowest BCUT2D eigenvalue weighted by molar-refractivity contribution is -0.247. The highest BCUT2D eigenvalue weighted by Gasteiger charge is 2.49. The van der Waals surface area contributed by atoms with Crippen LogP contribution in [0.1, 0.15) is 81.3 Å². The molecule has 1 saturated heterocycles. The van der Waals surface area contributed by atoms with Crippen LogP contribution >= 0.6 is 23.2 Å². The van der Waals surface area contributed by atoms with Gasteiger partial charge >= 0.3 is 5.97 Å². The Morgan fingerprint density at radius 2 is 1.56 bits per heavy atom. The first-order valence-corrected chi connectivity index (χ1v) is 18.8. The molecule has 6 rings (SSSR count). The summed E-state index contributed by atoms with van der Waals surface area (Å²) < 4.78 is 11.8. The standard InChI is InChI=1S/C26H27NO9.C13H18Cl2N2O2/c1-10-21(29)15(27)7-17(35-10)36-16-9-26(34,11(2)28)8-14-18(16)25(33)20-19(24(14)32)22(30)12-5-3-4-6-13(12)23(20)31;14-5-7-17(8-6-15)11-3-1-10(2-4-11)9-12(16)13(18)19/h3-6,10,15-17,21,29,32-34H,7-9,27H2,1-2H3;1-4,12H,5-9,16H2,(H,18,19)/t10-,15-,16-,17-,21+,26-;12-/m00/s1. The van der Waals surface area contributed by atoms with Crippen molar-refractivity contribution in [3.8, 4) is 11.5 Å². The van der Waals surface area contributed by atoms with Gasteiger partial charge in [-0.3, -0.25) is 19.2 Å². The number of nitrogens with two attached hydrogens (primary N) is 2. The van der Waals surface area contributed by atoms with Gasteiger partial charge in [-0.05, 0) is 38.0 Å². The summed E-state index contributed by atoms with van der Waals surface area (Å²) in [4.78, 5) is 51.8. The van der Waals surface area contributed by atoms with Crippen molar-refractivity contribution in [2.45, 2.75) is 81.8 Å². The molecule has 0 radical (unpaired) electrons. The molecule has 0 bridgehead atoms. The molecule has 0 spiro atoms. The first-order valence-electron chi connectivity index (χ1n) is 17.7. The second-order valence-electron chi connectivity index (χ2n) is 14.0. The van der Waals surface area contributed by atoms with Crippen molar-refractivity contribution >= 4 is 52.2 Å². The molecule has 3 aliphatic rings. The van der Waals surface area contributed by atoms with Gasteiger partial charge in [-0.15, -0.1) is 23.2 Å². The molecule has 14 nitrogen and oxygen atoms in total. The fraction of sp³-hybridized carbons (Fsp3) is 0.436. The molecule has 3 aromatic carbocycles. The van der Waals surface area contributed by atoms with Gasteiger partial charge in [-0.1, -0.05) is 36.4 Å². The van der Waals surface area contributed by atoms with Gasteiger partial charge < -0.3 is 51.4 Å². The number of alkyl halides is 2. The number of rotatable bonds is 11. The van der Waals surface area contributed by atoms with Crippen molar-refractivity contribution in [1.29, 1.82) is 0 Å². The Morgan fingerprint density at radius 1 is 1.00 bits per heavy atom. The highest BCUT2D eigenvalue weighted by molar-refractivity contribution is 6.30. The third-order valence-electron chi connectivity index (χ3n) is 10.3. The number of aromatic hydroxyl groups is 2. The van der Waals surface area contributed by atoms with Gasteiger partial charge in [-0.2, -0.15) is 0 Å². The number of aliphatic hydroxyl groups excluding tert-OH is 1. The van der Waals surface area contributed by atoms with E-state index < -0.39 is 83.5 Å². The Hall–Kier alpha value is -4.12. The summed E-state index contributed by atoms with van der Waals surface area (Å²) in [5.74, 6) is -2.99. The molecule has 0 saturated carbocycles. The van der Waals surface area contributed by atoms with E-state index in [1.54, 1.807) is 19.1 Å². The van der Waals surface area contributed by atoms with Crippen molar-refractivity contribution in [2.24, 2.45) is 11.5 Å². The molecule has 7 atom stereocenters. The lowest BCUT2D eigenvalue weighted by Crippen LogP contribution is -2.52. The Balaban J connectivity index is 0.000000259. The summed E-state index contributed by atoms with van der Waals surface area (Å²) >= 11 is 11.5. The van der Waals surface area contributed by atoms with Crippen molar-refractivity contribution in [1.82, 2.24) is 0 Å². The number of benzene rings is 3. The quantitative estimate of drug-likeness (QED) is 0.0853. The van der Waals surface area contributed by atoms with Crippen LogP contribution in [0.4, 0.5) is 5.69 Å². The van der Waals surface area contributed by atoms with Crippen LogP contribution in [0.3, 0.4) is 0 Å². The first-order chi connectivity index (χ1) is 26.0. The maximum atomic E-state index is 13.3. The van der Waals surface area contributed by atoms with E-state index in [0.29, 0.717) is 18.2 Å². The molecule has 1 heterocycles. The lowest BCUT2D eigenvalue weighted by Gasteiger charge is -2.42. The molecular weight excluding hydrogens is 757 g/mol. The summed E-state index contributed by atoms with van der Waals surface area (Å²) in [7, 11) is 0. The third-order valence-corrected chi connectivity index (χ3v) is 10.6. The number of hydrogen-bond donors (Lipinski definition) is 7. The number of ether oxygens (including phenoxy) is 2. The summed E-state index contributed by atoms with van der Waals surface area (Å²) in [5, 5.41) is 52.6. The average Bonchev–Trinajstić information content (AvgIpc) is 3.14. The number of nitrogens with zero attached hydrogens (tertiary/aromatic N) is 1. The second-order valence-corrected chi connectivity index (χ2v) is 14.7. The van der Waals surface area contributed by atoms with Gasteiger partial charge in [0.2, 0.25) is 0 Å². The predicted octanol–water partition coefficient (Wildman–Crippen LogP) is 2.95. The van der Waals surface area contributed by atoms with Crippen LogP contribution in [-0.4, -0.2) is 110 Å². The fourth-order valence-corrected chi connectivity index (χ4v) is 7.59. The number of phenolic OH excluding ortho intramolecular Hbond substituents is 2. The van der Waals surface area contributed by atoms with Crippen molar-refractivity contribution in [2.75, 3.05) is 29.7 Å². The highest BCUT2D eigenvalue weighted by atomic mass is 35.5. The molecule has 0 amide bonds. The Kier molecular flexibility index (Phi) is 13.3. The van der Waals surface area contributed by atoms with Crippen LogP contribution in [0.15, 0.2) is 48.5 Å². The monoisotopic (exact) mass is 801 g/mol. The Labute approximate surface area is 327 Å². The lowest BCUT2D eigenvalue weighted by atomic mass is 9.72. The van der Waals surface area contributed by atoms with Crippen molar-refractivity contribution < 1.29 is 54.2 Å². The number of carbonyl (C=O) groups is 4. The highest BCUT2D eigenvalue weighted by Crippen LogP contribution is 2.52. The van der Waals surface area contributed by atoms with E-state index >= 15 is 0 Å². The van der Waals surface area contributed by atoms with E-state index in [4.69, 9.17) is 49.2 Å². The Bertz CT molecular complexity index is 1930. The normalized spacial score (nSPS) is 24.8. The minimum atomic E-state index is -1.97. The summed E-state index contributed by atoms with van der Waals surface area (Å²) in [6.45, 7) is 4.25. The number of anilines is 1. The van der Waals surface area contributed by atoms with Crippen LogP contribution in [0.2, 0.25) is 0 Å². The number of ketones is 3. The number of phenols is 2. The zero-order chi connectivity index (χ0) is 40.4. The summed E-state index contributed by atoms with van der Waals surface area (Å²) in [6.07, 6.45) is -4.06. The van der Waals surface area contributed by atoms with Crippen LogP contribution < -0.4 is 16.4 Å². The molecule has 3 aromatic rings. The van der Waals surface area contributed by atoms with E-state index in [1.165, 1.54) is 19.1 Å². The van der Waals surface area contributed by atoms with E-state index in [9.17, 15) is 39.6 Å². The summed E-state index contributed by atoms with van der Waals surface area (Å²) in [6, 6.07) is 12.2. The van der Waals surface area contributed by atoms with Crippen LogP contribution in [0, 0.1) is 0 Å². The average molecular weight is 803 g/mol. The molecule has 9 N–H and O–H groups in total. The first kappa shape index (κ1) is 42.0. The maximum Gasteiger partial charge on any atom is 0.320 e. The van der Waals surface area contributed by atoms with Crippen LogP contribution in [0.25, 0.3) is 0 Å². The molecule has 55 heavy (non-hydrogen) atoms. The van der Waals surface area contributed by atoms with Gasteiger partial charge in [0.05, 0.1) is 29.4 Å². The minimum absolute atomic E-state index is 0.00588. The molecule has 2 aliphatic carbocycles. The van der Waals surface area contributed by atoms with Crippen LogP contribution in [-0.2, 0) is 31.9 Å². The second kappa shape index (κ2) is 17.3. The van der Waals surface area contributed by atoms with E-state index in [1.807, 2.05) is 24.3 Å².